The van der Waals surface area contributed by atoms with E-state index in [9.17, 15) is 0 Å². The summed E-state index contributed by atoms with van der Waals surface area (Å²) in [6.07, 6.45) is 3.48. The topological polar surface area (TPSA) is 48.1 Å². The van der Waals surface area contributed by atoms with Crippen LogP contribution in [0.15, 0.2) is 25.0 Å². The van der Waals surface area contributed by atoms with Crippen LogP contribution in [0.3, 0.4) is 0 Å². The Hall–Kier alpha value is -1.35. The van der Waals surface area contributed by atoms with E-state index in [-0.39, 0.29) is 6.04 Å². The maximum absolute atomic E-state index is 5.75. The summed E-state index contributed by atoms with van der Waals surface area (Å²) in [5.74, 6) is 0.641. The van der Waals surface area contributed by atoms with Gasteiger partial charge in [-0.05, 0) is 25.5 Å². The van der Waals surface area contributed by atoms with Gasteiger partial charge in [-0.25, -0.2) is 0 Å². The summed E-state index contributed by atoms with van der Waals surface area (Å²) in [4.78, 5) is 4.09. The van der Waals surface area contributed by atoms with Gasteiger partial charge in [0.25, 0.3) is 0 Å². The van der Waals surface area contributed by atoms with E-state index in [2.05, 4.69) is 11.6 Å². The maximum Gasteiger partial charge on any atom is 0.120 e. The smallest absolute Gasteiger partial charge is 0.120 e. The van der Waals surface area contributed by atoms with E-state index in [1.165, 1.54) is 0 Å². The first kappa shape index (κ1) is 10.7. The molecule has 0 fully saturated rings. The Labute approximate surface area is 84.6 Å². The van der Waals surface area contributed by atoms with Crippen molar-refractivity contribution in [2.75, 3.05) is 6.61 Å². The number of pyridine rings is 1. The van der Waals surface area contributed by atoms with Crippen LogP contribution in [0.4, 0.5) is 0 Å². The van der Waals surface area contributed by atoms with Gasteiger partial charge >= 0.3 is 0 Å². The molecule has 14 heavy (non-hydrogen) atoms. The standard InChI is InChI=1S/C11H16N2O/c1-4-14-9(3)11-5-10(8(2)12)6-13-7-11/h5-8H,3-4,12H2,1-2H3. The Bertz CT molecular complexity index is 321. The number of rotatable bonds is 4. The number of nitrogens with zero attached hydrogens (tertiary/aromatic N) is 1. The Morgan fingerprint density at radius 3 is 2.93 bits per heavy atom. The van der Waals surface area contributed by atoms with Crippen molar-refractivity contribution in [2.45, 2.75) is 19.9 Å². The van der Waals surface area contributed by atoms with Gasteiger partial charge in [0.2, 0.25) is 0 Å². The van der Waals surface area contributed by atoms with Gasteiger partial charge in [0.15, 0.2) is 0 Å². The fraction of sp³-hybridized carbons (Fsp3) is 0.364. The van der Waals surface area contributed by atoms with E-state index in [0.29, 0.717) is 12.4 Å². The largest absolute Gasteiger partial charge is 0.494 e. The van der Waals surface area contributed by atoms with Crippen molar-refractivity contribution in [3.63, 3.8) is 0 Å². The maximum atomic E-state index is 5.75. The molecule has 0 aliphatic heterocycles. The van der Waals surface area contributed by atoms with Crippen molar-refractivity contribution in [3.05, 3.63) is 36.2 Å². The van der Waals surface area contributed by atoms with E-state index >= 15 is 0 Å². The van der Waals surface area contributed by atoms with Gasteiger partial charge in [-0.2, -0.15) is 0 Å². The molecule has 1 aromatic rings. The van der Waals surface area contributed by atoms with Gasteiger partial charge < -0.3 is 10.5 Å². The van der Waals surface area contributed by atoms with E-state index in [1.54, 1.807) is 12.4 Å². The Morgan fingerprint density at radius 1 is 1.64 bits per heavy atom. The van der Waals surface area contributed by atoms with Crippen molar-refractivity contribution >= 4 is 5.76 Å². The second-order valence-corrected chi connectivity index (χ2v) is 3.15. The third kappa shape index (κ3) is 2.57. The van der Waals surface area contributed by atoms with E-state index < -0.39 is 0 Å². The monoisotopic (exact) mass is 192 g/mol. The average molecular weight is 192 g/mol. The number of nitrogens with two attached hydrogens (primary N) is 1. The number of hydrogen-bond donors (Lipinski definition) is 1. The molecule has 0 aliphatic rings. The van der Waals surface area contributed by atoms with Gasteiger partial charge in [-0.1, -0.05) is 6.58 Å². The second kappa shape index (κ2) is 4.77. The Morgan fingerprint density at radius 2 is 2.36 bits per heavy atom. The molecule has 0 radical (unpaired) electrons. The number of ether oxygens (including phenoxy) is 1. The zero-order valence-corrected chi connectivity index (χ0v) is 8.66. The molecule has 0 bridgehead atoms. The minimum absolute atomic E-state index is 0.0168. The number of hydrogen-bond acceptors (Lipinski definition) is 3. The predicted octanol–water partition coefficient (Wildman–Crippen LogP) is 2.11. The molecule has 0 aromatic carbocycles. The molecule has 76 valence electrons. The van der Waals surface area contributed by atoms with Crippen molar-refractivity contribution in [1.29, 1.82) is 0 Å². The van der Waals surface area contributed by atoms with Crippen LogP contribution in [0.25, 0.3) is 5.76 Å². The van der Waals surface area contributed by atoms with Crippen LogP contribution in [0.5, 0.6) is 0 Å². The molecule has 1 atom stereocenters. The van der Waals surface area contributed by atoms with Gasteiger partial charge in [-0.3, -0.25) is 4.98 Å². The number of aromatic nitrogens is 1. The molecule has 1 aromatic heterocycles. The molecule has 0 spiro atoms. The summed E-state index contributed by atoms with van der Waals surface area (Å²) < 4.78 is 5.29. The van der Waals surface area contributed by atoms with Crippen LogP contribution in [0.2, 0.25) is 0 Å². The van der Waals surface area contributed by atoms with E-state index in [4.69, 9.17) is 10.5 Å². The molecule has 0 saturated heterocycles. The zero-order valence-electron chi connectivity index (χ0n) is 8.66. The minimum Gasteiger partial charge on any atom is -0.494 e. The van der Waals surface area contributed by atoms with E-state index in [1.807, 2.05) is 19.9 Å². The molecule has 0 amide bonds. The fourth-order valence-corrected chi connectivity index (χ4v) is 1.12. The van der Waals surface area contributed by atoms with Crippen LogP contribution in [-0.2, 0) is 4.74 Å². The highest BCUT2D eigenvalue weighted by atomic mass is 16.5. The van der Waals surface area contributed by atoms with Gasteiger partial charge in [0.1, 0.15) is 5.76 Å². The summed E-state index contributed by atoms with van der Waals surface area (Å²) in [6, 6.07) is 1.94. The summed E-state index contributed by atoms with van der Waals surface area (Å²) in [6.45, 7) is 8.27. The molecular formula is C11H16N2O. The van der Waals surface area contributed by atoms with Gasteiger partial charge in [0.05, 0.1) is 6.61 Å². The lowest BCUT2D eigenvalue weighted by Crippen LogP contribution is -2.06. The van der Waals surface area contributed by atoms with Crippen molar-refractivity contribution in [3.8, 4) is 0 Å². The van der Waals surface area contributed by atoms with Crippen LogP contribution < -0.4 is 5.73 Å². The molecule has 3 nitrogen and oxygen atoms in total. The fourth-order valence-electron chi connectivity index (χ4n) is 1.12. The highest BCUT2D eigenvalue weighted by molar-refractivity contribution is 5.57. The lowest BCUT2D eigenvalue weighted by Gasteiger charge is -2.09. The average Bonchev–Trinajstić information content (AvgIpc) is 2.18. The summed E-state index contributed by atoms with van der Waals surface area (Å²) in [5.41, 5.74) is 7.63. The quantitative estimate of drug-likeness (QED) is 0.743. The molecule has 2 N–H and O–H groups in total. The summed E-state index contributed by atoms with van der Waals surface area (Å²) in [5, 5.41) is 0. The van der Waals surface area contributed by atoms with Crippen LogP contribution >= 0.6 is 0 Å². The SMILES string of the molecule is C=C(OCC)c1cncc(C(C)N)c1. The summed E-state index contributed by atoms with van der Waals surface area (Å²) >= 11 is 0. The summed E-state index contributed by atoms with van der Waals surface area (Å²) in [7, 11) is 0. The van der Waals surface area contributed by atoms with Crippen LogP contribution in [0, 0.1) is 0 Å². The molecule has 1 heterocycles. The second-order valence-electron chi connectivity index (χ2n) is 3.15. The Kier molecular flexibility index (Phi) is 3.65. The molecule has 3 heteroatoms. The third-order valence-electron chi connectivity index (χ3n) is 1.93. The van der Waals surface area contributed by atoms with Crippen LogP contribution in [0.1, 0.15) is 31.0 Å². The van der Waals surface area contributed by atoms with Crippen molar-refractivity contribution < 1.29 is 4.74 Å². The Balaban J connectivity index is 2.88. The zero-order chi connectivity index (χ0) is 10.6. The first-order chi connectivity index (χ1) is 6.65. The normalized spacial score (nSPS) is 12.2. The van der Waals surface area contributed by atoms with Gasteiger partial charge in [-0.15, -0.1) is 0 Å². The van der Waals surface area contributed by atoms with Crippen molar-refractivity contribution in [1.82, 2.24) is 4.98 Å². The molecule has 0 aliphatic carbocycles. The molecule has 1 unspecified atom stereocenters. The van der Waals surface area contributed by atoms with E-state index in [0.717, 1.165) is 11.1 Å². The lowest BCUT2D eigenvalue weighted by molar-refractivity contribution is 0.299. The predicted molar refractivity (Wildman–Crippen MR) is 57.5 cm³/mol. The molecular weight excluding hydrogens is 176 g/mol. The van der Waals surface area contributed by atoms with Crippen molar-refractivity contribution in [2.24, 2.45) is 5.73 Å². The lowest BCUT2D eigenvalue weighted by atomic mass is 10.1. The first-order valence-electron chi connectivity index (χ1n) is 4.67. The van der Waals surface area contributed by atoms with Gasteiger partial charge in [0, 0.05) is 24.0 Å². The highest BCUT2D eigenvalue weighted by Gasteiger charge is 2.04. The highest BCUT2D eigenvalue weighted by Crippen LogP contribution is 2.16. The van der Waals surface area contributed by atoms with Crippen LogP contribution in [-0.4, -0.2) is 11.6 Å². The third-order valence-corrected chi connectivity index (χ3v) is 1.93. The first-order valence-corrected chi connectivity index (χ1v) is 4.67. The minimum atomic E-state index is -0.0168. The molecule has 0 saturated carbocycles. The molecule has 1 rings (SSSR count).